The molecule has 2 saturated heterocycles. The van der Waals surface area contributed by atoms with Gasteiger partial charge in [-0.15, -0.1) is 0 Å². The lowest BCUT2D eigenvalue weighted by molar-refractivity contribution is -0.121. The molecule has 2 amide bonds. The van der Waals surface area contributed by atoms with E-state index in [1.165, 1.54) is 23.1 Å². The van der Waals surface area contributed by atoms with Crippen LogP contribution in [0.1, 0.15) is 25.7 Å². The third kappa shape index (κ3) is 3.17. The number of amides is 2. The van der Waals surface area contributed by atoms with Crippen molar-refractivity contribution in [2.24, 2.45) is 0 Å². The normalized spacial score (nSPS) is 22.3. The van der Waals surface area contributed by atoms with E-state index < -0.39 is 0 Å². The lowest BCUT2D eigenvalue weighted by atomic mass is 10.1. The molecule has 0 spiro atoms. The Morgan fingerprint density at radius 3 is 2.45 bits per heavy atom. The predicted molar refractivity (Wildman–Crippen MR) is 93.0 cm³/mol. The Balaban J connectivity index is 1.67. The summed E-state index contributed by atoms with van der Waals surface area (Å²) >= 11 is 6.83. The molecule has 2 heterocycles. The number of anilines is 1. The maximum absolute atomic E-state index is 12.5. The molecule has 4 nitrogen and oxygen atoms in total. The summed E-state index contributed by atoms with van der Waals surface area (Å²) in [5, 5.41) is -0.387. The van der Waals surface area contributed by atoms with Gasteiger partial charge in [-0.25, -0.2) is 4.90 Å². The molecule has 6 heteroatoms. The summed E-state index contributed by atoms with van der Waals surface area (Å²) in [5.74, 6) is -0.296. The number of likely N-dealkylation sites (tertiary alicyclic amines) is 1. The number of para-hydroxylation sites is 1. The summed E-state index contributed by atoms with van der Waals surface area (Å²) < 4.78 is 0.751. The van der Waals surface area contributed by atoms with Crippen LogP contribution in [0.25, 0.3) is 0 Å². The highest BCUT2D eigenvalue weighted by Crippen LogP contribution is 2.31. The Kier molecular flexibility index (Phi) is 4.78. The van der Waals surface area contributed by atoms with Gasteiger partial charge >= 0.3 is 0 Å². The number of hydrogen-bond acceptors (Lipinski definition) is 4. The first kappa shape index (κ1) is 15.5. The van der Waals surface area contributed by atoms with E-state index in [1.54, 1.807) is 12.1 Å². The predicted octanol–water partition coefficient (Wildman–Crippen LogP) is 2.82. The number of carbonyl (C=O) groups excluding carboxylic acids is 2. The van der Waals surface area contributed by atoms with Crippen LogP contribution in [0, 0.1) is 0 Å². The fraction of sp³-hybridized carbons (Fsp3) is 0.438. The average molecular weight is 334 g/mol. The van der Waals surface area contributed by atoms with E-state index in [1.807, 2.05) is 18.2 Å². The molecule has 22 heavy (non-hydrogen) atoms. The molecule has 1 atom stereocenters. The monoisotopic (exact) mass is 334 g/mol. The number of hydrogen-bond donors (Lipinski definition) is 0. The lowest BCUT2D eigenvalue weighted by Crippen LogP contribution is -2.35. The summed E-state index contributed by atoms with van der Waals surface area (Å²) in [5.41, 5.74) is 0.643. The molecule has 0 unspecified atom stereocenters. The average Bonchev–Trinajstić information content (AvgIpc) is 2.83. The molecule has 2 aliphatic heterocycles. The minimum Gasteiger partial charge on any atom is -0.358 e. The fourth-order valence-corrected chi connectivity index (χ4v) is 4.36. The van der Waals surface area contributed by atoms with Gasteiger partial charge in [-0.1, -0.05) is 42.2 Å². The maximum Gasteiger partial charge on any atom is 0.247 e. The van der Waals surface area contributed by atoms with E-state index in [0.717, 1.165) is 30.3 Å². The first-order chi connectivity index (χ1) is 10.7. The van der Waals surface area contributed by atoms with Crippen LogP contribution >= 0.6 is 24.0 Å². The standard InChI is InChI=1S/C16H18N2O2S2/c19-14-11-13(22-16(21)17-9-5-2-6-10-17)15(20)18(14)12-7-3-1-4-8-12/h1,3-4,7-8,13H,2,5-6,9-11H2/t13-/m1/s1. The number of imide groups is 1. The van der Waals surface area contributed by atoms with Crippen LogP contribution in [0.3, 0.4) is 0 Å². The summed E-state index contributed by atoms with van der Waals surface area (Å²) in [6, 6.07) is 9.09. The fourth-order valence-electron chi connectivity index (χ4n) is 2.82. The summed E-state index contributed by atoms with van der Waals surface area (Å²) in [7, 11) is 0. The molecule has 2 aliphatic rings. The summed E-state index contributed by atoms with van der Waals surface area (Å²) in [6.07, 6.45) is 3.77. The van der Waals surface area contributed by atoms with Gasteiger partial charge in [0, 0.05) is 19.5 Å². The molecule has 1 aromatic rings. The van der Waals surface area contributed by atoms with E-state index in [-0.39, 0.29) is 23.5 Å². The lowest BCUT2D eigenvalue weighted by Gasteiger charge is -2.29. The Hall–Kier alpha value is -1.40. The van der Waals surface area contributed by atoms with E-state index in [9.17, 15) is 9.59 Å². The van der Waals surface area contributed by atoms with Crippen LogP contribution < -0.4 is 4.90 Å². The largest absolute Gasteiger partial charge is 0.358 e. The van der Waals surface area contributed by atoms with Gasteiger partial charge in [0.1, 0.15) is 9.57 Å². The second-order valence-corrected chi connectivity index (χ2v) is 7.36. The zero-order valence-corrected chi connectivity index (χ0v) is 13.9. The number of thioether (sulfide) groups is 1. The van der Waals surface area contributed by atoms with Crippen molar-refractivity contribution in [3.05, 3.63) is 30.3 Å². The van der Waals surface area contributed by atoms with Crippen molar-refractivity contribution in [1.29, 1.82) is 0 Å². The molecular weight excluding hydrogens is 316 g/mol. The van der Waals surface area contributed by atoms with Crippen molar-refractivity contribution >= 4 is 45.8 Å². The van der Waals surface area contributed by atoms with E-state index >= 15 is 0 Å². The van der Waals surface area contributed by atoms with Crippen LogP contribution in [0.2, 0.25) is 0 Å². The van der Waals surface area contributed by atoms with Crippen LogP contribution in [0.4, 0.5) is 5.69 Å². The SMILES string of the molecule is O=C1C[C@@H](SC(=S)N2CCCCC2)C(=O)N1c1ccccc1. The quantitative estimate of drug-likeness (QED) is 0.614. The molecule has 0 bridgehead atoms. The molecular formula is C16H18N2O2S2. The zero-order valence-electron chi connectivity index (χ0n) is 12.2. The minimum absolute atomic E-state index is 0.143. The summed E-state index contributed by atoms with van der Waals surface area (Å²) in [4.78, 5) is 28.2. The minimum atomic E-state index is -0.387. The van der Waals surface area contributed by atoms with Crippen LogP contribution in [0.5, 0.6) is 0 Å². The van der Waals surface area contributed by atoms with Crippen molar-refractivity contribution < 1.29 is 9.59 Å². The van der Waals surface area contributed by atoms with Gasteiger partial charge in [-0.05, 0) is 31.4 Å². The third-order valence-corrected chi connectivity index (χ3v) is 5.64. The second kappa shape index (κ2) is 6.79. The number of carbonyl (C=O) groups is 2. The molecule has 3 rings (SSSR count). The Morgan fingerprint density at radius 2 is 1.77 bits per heavy atom. The zero-order chi connectivity index (χ0) is 15.5. The third-order valence-electron chi connectivity index (χ3n) is 3.98. The number of benzene rings is 1. The molecule has 116 valence electrons. The maximum atomic E-state index is 12.5. The highest BCUT2D eigenvalue weighted by Gasteiger charge is 2.41. The summed E-state index contributed by atoms with van der Waals surface area (Å²) in [6.45, 7) is 1.92. The topological polar surface area (TPSA) is 40.6 Å². The van der Waals surface area contributed by atoms with Gasteiger partial charge in [-0.3, -0.25) is 9.59 Å². The van der Waals surface area contributed by atoms with Gasteiger partial charge < -0.3 is 4.90 Å². The number of thiocarbonyl (C=S) groups is 1. The molecule has 0 aliphatic carbocycles. The van der Waals surface area contributed by atoms with E-state index in [4.69, 9.17) is 12.2 Å². The van der Waals surface area contributed by atoms with E-state index in [2.05, 4.69) is 4.90 Å². The molecule has 0 saturated carbocycles. The van der Waals surface area contributed by atoms with Crippen LogP contribution in [-0.4, -0.2) is 39.4 Å². The van der Waals surface area contributed by atoms with Crippen molar-refractivity contribution in [2.75, 3.05) is 18.0 Å². The smallest absolute Gasteiger partial charge is 0.247 e. The van der Waals surface area contributed by atoms with Crippen molar-refractivity contribution in [2.45, 2.75) is 30.9 Å². The molecule has 0 radical (unpaired) electrons. The van der Waals surface area contributed by atoms with Gasteiger partial charge in [0.15, 0.2) is 0 Å². The number of rotatable bonds is 2. The van der Waals surface area contributed by atoms with Gasteiger partial charge in [-0.2, -0.15) is 0 Å². The van der Waals surface area contributed by atoms with Crippen molar-refractivity contribution in [1.82, 2.24) is 4.90 Å². The van der Waals surface area contributed by atoms with E-state index in [0.29, 0.717) is 5.69 Å². The number of piperidine rings is 1. The molecule has 2 fully saturated rings. The molecule has 0 aromatic heterocycles. The van der Waals surface area contributed by atoms with Gasteiger partial charge in [0.05, 0.1) is 5.69 Å². The second-order valence-electron chi connectivity index (χ2n) is 5.53. The Morgan fingerprint density at radius 1 is 1.09 bits per heavy atom. The molecule has 0 N–H and O–H groups in total. The highest BCUT2D eigenvalue weighted by atomic mass is 32.2. The van der Waals surface area contributed by atoms with Crippen LogP contribution in [-0.2, 0) is 9.59 Å². The Labute approximate surface area is 139 Å². The Bertz CT molecular complexity index is 585. The number of nitrogens with zero attached hydrogens (tertiary/aromatic N) is 2. The van der Waals surface area contributed by atoms with Crippen molar-refractivity contribution in [3.8, 4) is 0 Å². The van der Waals surface area contributed by atoms with Gasteiger partial charge in [0.25, 0.3) is 0 Å². The first-order valence-corrected chi connectivity index (χ1v) is 8.83. The molecule has 1 aromatic carbocycles. The first-order valence-electron chi connectivity index (χ1n) is 7.54. The highest BCUT2D eigenvalue weighted by molar-refractivity contribution is 8.23. The van der Waals surface area contributed by atoms with Crippen LogP contribution in [0.15, 0.2) is 30.3 Å². The van der Waals surface area contributed by atoms with Crippen molar-refractivity contribution in [3.63, 3.8) is 0 Å². The van der Waals surface area contributed by atoms with Gasteiger partial charge in [0.2, 0.25) is 11.8 Å².